The number of rotatable bonds is 5. The predicted molar refractivity (Wildman–Crippen MR) is 86.3 cm³/mol. The minimum atomic E-state index is 0.0292. The molecule has 0 bridgehead atoms. The van der Waals surface area contributed by atoms with E-state index in [1.54, 1.807) is 11.3 Å². The number of ether oxygens (including phenoxy) is 1. The molecule has 0 spiro atoms. The number of nitrogens with zero attached hydrogens (tertiary/aromatic N) is 4. The van der Waals surface area contributed by atoms with E-state index in [0.29, 0.717) is 6.61 Å². The Hall–Kier alpha value is -1.99. The van der Waals surface area contributed by atoms with Gasteiger partial charge in [-0.2, -0.15) is 10.1 Å². The number of hydrogen-bond donors (Lipinski definition) is 1. The molecular formula is C15H19N5OS. The fourth-order valence-corrected chi connectivity index (χ4v) is 3.40. The first-order valence-electron chi connectivity index (χ1n) is 7.24. The van der Waals surface area contributed by atoms with Gasteiger partial charge in [0.05, 0.1) is 5.69 Å². The maximum absolute atomic E-state index is 5.61. The molecule has 0 saturated carbocycles. The summed E-state index contributed by atoms with van der Waals surface area (Å²) in [6.07, 6.45) is 1.54. The topological polar surface area (TPSA) is 68.6 Å². The van der Waals surface area contributed by atoms with Crippen LogP contribution in [0.2, 0.25) is 0 Å². The monoisotopic (exact) mass is 317 g/mol. The number of aromatic nitrogens is 5. The van der Waals surface area contributed by atoms with Gasteiger partial charge in [0.1, 0.15) is 17.4 Å². The summed E-state index contributed by atoms with van der Waals surface area (Å²) in [6, 6.07) is 2.13. The number of H-pyrrole nitrogens is 1. The predicted octanol–water partition coefficient (Wildman–Crippen LogP) is 3.43. The smallest absolute Gasteiger partial charge is 0.229 e. The minimum Gasteiger partial charge on any atom is -0.372 e. The molecule has 0 fully saturated rings. The Balaban J connectivity index is 1.98. The number of nitrogens with one attached hydrogen (secondary N) is 1. The summed E-state index contributed by atoms with van der Waals surface area (Å²) >= 11 is 1.63. The summed E-state index contributed by atoms with van der Waals surface area (Å²) in [7, 11) is 0. The Bertz CT molecular complexity index is 759. The van der Waals surface area contributed by atoms with Crippen molar-refractivity contribution in [3.8, 4) is 17.2 Å². The molecule has 3 aromatic rings. The third-order valence-electron chi connectivity index (χ3n) is 3.61. The van der Waals surface area contributed by atoms with Gasteiger partial charge in [-0.05, 0) is 33.8 Å². The maximum Gasteiger partial charge on any atom is 0.229 e. The molecule has 0 aromatic carbocycles. The SMILES string of the molecule is CCOC(C)c1nc(-c2cc(C)n(-c3ncn[nH]3)c2C)cs1. The average molecular weight is 317 g/mol. The zero-order valence-corrected chi connectivity index (χ0v) is 13.9. The van der Waals surface area contributed by atoms with E-state index in [4.69, 9.17) is 9.72 Å². The second kappa shape index (κ2) is 6.02. The Labute approximate surface area is 133 Å². The van der Waals surface area contributed by atoms with Crippen LogP contribution in [-0.4, -0.2) is 31.3 Å². The molecule has 3 heterocycles. The lowest BCUT2D eigenvalue weighted by Crippen LogP contribution is -2.01. The highest BCUT2D eigenvalue weighted by molar-refractivity contribution is 7.10. The molecule has 1 atom stereocenters. The van der Waals surface area contributed by atoms with E-state index < -0.39 is 0 Å². The van der Waals surface area contributed by atoms with Gasteiger partial charge in [-0.1, -0.05) is 0 Å². The van der Waals surface area contributed by atoms with Crippen molar-refractivity contribution >= 4 is 11.3 Å². The van der Waals surface area contributed by atoms with Crippen molar-refractivity contribution in [3.63, 3.8) is 0 Å². The van der Waals surface area contributed by atoms with Crippen LogP contribution in [0.25, 0.3) is 17.2 Å². The molecule has 0 aliphatic rings. The molecule has 0 saturated heterocycles. The molecule has 0 aliphatic heterocycles. The zero-order chi connectivity index (χ0) is 15.7. The van der Waals surface area contributed by atoms with Gasteiger partial charge >= 0.3 is 0 Å². The molecule has 0 radical (unpaired) electrons. The molecule has 3 aromatic heterocycles. The van der Waals surface area contributed by atoms with Crippen LogP contribution in [0, 0.1) is 13.8 Å². The summed E-state index contributed by atoms with van der Waals surface area (Å²) < 4.78 is 7.66. The van der Waals surface area contributed by atoms with E-state index in [1.165, 1.54) is 6.33 Å². The van der Waals surface area contributed by atoms with Gasteiger partial charge in [0.15, 0.2) is 0 Å². The van der Waals surface area contributed by atoms with Gasteiger partial charge in [-0.3, -0.25) is 4.57 Å². The molecule has 1 unspecified atom stereocenters. The average Bonchev–Trinajstić information content (AvgIpc) is 3.19. The van der Waals surface area contributed by atoms with E-state index in [-0.39, 0.29) is 6.10 Å². The van der Waals surface area contributed by atoms with Gasteiger partial charge in [0, 0.05) is 28.9 Å². The first-order chi connectivity index (χ1) is 10.6. The summed E-state index contributed by atoms with van der Waals surface area (Å²) in [4.78, 5) is 8.96. The third-order valence-corrected chi connectivity index (χ3v) is 4.61. The molecule has 1 N–H and O–H groups in total. The highest BCUT2D eigenvalue weighted by Gasteiger charge is 2.17. The van der Waals surface area contributed by atoms with Crippen LogP contribution >= 0.6 is 11.3 Å². The Morgan fingerprint density at radius 3 is 2.91 bits per heavy atom. The Morgan fingerprint density at radius 2 is 2.23 bits per heavy atom. The quantitative estimate of drug-likeness (QED) is 0.782. The number of hydrogen-bond acceptors (Lipinski definition) is 5. The first-order valence-corrected chi connectivity index (χ1v) is 8.11. The lowest BCUT2D eigenvalue weighted by molar-refractivity contribution is 0.0762. The van der Waals surface area contributed by atoms with E-state index in [1.807, 2.05) is 18.4 Å². The Morgan fingerprint density at radius 1 is 1.41 bits per heavy atom. The van der Waals surface area contributed by atoms with Crippen LogP contribution in [0.4, 0.5) is 0 Å². The normalized spacial score (nSPS) is 12.7. The first kappa shape index (κ1) is 14.9. The van der Waals surface area contributed by atoms with Crippen molar-refractivity contribution < 1.29 is 4.74 Å². The second-order valence-electron chi connectivity index (χ2n) is 5.10. The van der Waals surface area contributed by atoms with Crippen molar-refractivity contribution in [1.82, 2.24) is 24.7 Å². The minimum absolute atomic E-state index is 0.0292. The van der Waals surface area contributed by atoms with Crippen molar-refractivity contribution in [2.75, 3.05) is 6.61 Å². The highest BCUT2D eigenvalue weighted by atomic mass is 32.1. The number of aromatic amines is 1. The van der Waals surface area contributed by atoms with Crippen LogP contribution in [0.15, 0.2) is 17.8 Å². The fraction of sp³-hybridized carbons (Fsp3) is 0.400. The van der Waals surface area contributed by atoms with Crippen LogP contribution < -0.4 is 0 Å². The standard InChI is InChI=1S/C15H19N5OS/c1-5-21-11(4)14-18-13(7-22-14)12-6-9(2)20(10(12)3)15-16-8-17-19-15/h6-8,11H,5H2,1-4H3,(H,16,17,19). The van der Waals surface area contributed by atoms with Crippen LogP contribution in [0.1, 0.15) is 36.3 Å². The molecule has 22 heavy (non-hydrogen) atoms. The van der Waals surface area contributed by atoms with Crippen molar-refractivity contribution in [3.05, 3.63) is 34.2 Å². The van der Waals surface area contributed by atoms with Crippen molar-refractivity contribution in [2.24, 2.45) is 0 Å². The fourth-order valence-electron chi connectivity index (χ4n) is 2.57. The van der Waals surface area contributed by atoms with Gasteiger partial charge < -0.3 is 4.74 Å². The number of thiazole rings is 1. The van der Waals surface area contributed by atoms with Crippen molar-refractivity contribution in [2.45, 2.75) is 33.8 Å². The lowest BCUT2D eigenvalue weighted by Gasteiger charge is -2.07. The molecule has 3 rings (SSSR count). The molecule has 7 heteroatoms. The molecule has 0 aliphatic carbocycles. The summed E-state index contributed by atoms with van der Waals surface area (Å²) in [6.45, 7) is 8.83. The second-order valence-corrected chi connectivity index (χ2v) is 5.99. The Kier molecular flexibility index (Phi) is 4.08. The van der Waals surface area contributed by atoms with Gasteiger partial charge in [-0.15, -0.1) is 11.3 Å². The molecule has 6 nitrogen and oxygen atoms in total. The van der Waals surface area contributed by atoms with E-state index in [2.05, 4.69) is 40.5 Å². The van der Waals surface area contributed by atoms with Crippen LogP contribution in [-0.2, 0) is 4.74 Å². The summed E-state index contributed by atoms with van der Waals surface area (Å²) in [5, 5.41) is 9.91. The third kappa shape index (κ3) is 2.57. The van der Waals surface area contributed by atoms with Crippen molar-refractivity contribution in [1.29, 1.82) is 0 Å². The highest BCUT2D eigenvalue weighted by Crippen LogP contribution is 2.31. The molecular weight excluding hydrogens is 298 g/mol. The van der Waals surface area contributed by atoms with Crippen LogP contribution in [0.5, 0.6) is 0 Å². The number of aryl methyl sites for hydroxylation is 1. The van der Waals surface area contributed by atoms with Gasteiger partial charge in [0.2, 0.25) is 5.95 Å². The van der Waals surface area contributed by atoms with E-state index in [9.17, 15) is 0 Å². The van der Waals surface area contributed by atoms with Gasteiger partial charge in [0.25, 0.3) is 0 Å². The molecule has 116 valence electrons. The summed E-state index contributed by atoms with van der Waals surface area (Å²) in [5.74, 6) is 0.722. The summed E-state index contributed by atoms with van der Waals surface area (Å²) in [5.41, 5.74) is 4.28. The van der Waals surface area contributed by atoms with E-state index in [0.717, 1.165) is 33.6 Å². The lowest BCUT2D eigenvalue weighted by atomic mass is 10.2. The van der Waals surface area contributed by atoms with E-state index >= 15 is 0 Å². The maximum atomic E-state index is 5.61. The molecule has 0 amide bonds. The zero-order valence-electron chi connectivity index (χ0n) is 13.1. The van der Waals surface area contributed by atoms with Gasteiger partial charge in [-0.25, -0.2) is 10.1 Å². The van der Waals surface area contributed by atoms with Crippen LogP contribution in [0.3, 0.4) is 0 Å². The largest absolute Gasteiger partial charge is 0.372 e.